The van der Waals surface area contributed by atoms with E-state index in [1.54, 1.807) is 45.0 Å². The van der Waals surface area contributed by atoms with Crippen molar-refractivity contribution in [3.05, 3.63) is 95.6 Å². The molecule has 0 aliphatic rings. The molecule has 0 saturated carbocycles. The average molecular weight is 590 g/mol. The van der Waals surface area contributed by atoms with Gasteiger partial charge in [0.05, 0.1) is 18.6 Å². The van der Waals surface area contributed by atoms with E-state index in [4.69, 9.17) is 5.21 Å². The van der Waals surface area contributed by atoms with Crippen molar-refractivity contribution in [2.24, 2.45) is 11.3 Å². The van der Waals surface area contributed by atoms with Gasteiger partial charge in [-0.15, -0.1) is 0 Å². The number of rotatable bonds is 13. The molecule has 0 aliphatic carbocycles. The minimum atomic E-state index is -1.83. The monoisotopic (exact) mass is 589 g/mol. The molecule has 3 aromatic carbocycles. The number of aliphatic hydroxyl groups excluding tert-OH is 2. The quantitative estimate of drug-likeness (QED) is 0.132. The largest absolute Gasteiger partial charge is 0.394 e. The second-order valence-electron chi connectivity index (χ2n) is 11.9. The van der Waals surface area contributed by atoms with Crippen LogP contribution in [0.4, 0.5) is 0 Å². The van der Waals surface area contributed by atoms with Gasteiger partial charge in [-0.3, -0.25) is 19.6 Å². The van der Waals surface area contributed by atoms with Crippen molar-refractivity contribution in [3.63, 3.8) is 0 Å². The highest BCUT2D eigenvalue weighted by molar-refractivity contribution is 5.92. The van der Waals surface area contributed by atoms with Gasteiger partial charge < -0.3 is 20.8 Å². The molecule has 9 heteroatoms. The first-order chi connectivity index (χ1) is 20.5. The van der Waals surface area contributed by atoms with Gasteiger partial charge in [0.25, 0.3) is 5.91 Å². The predicted octanol–water partition coefficient (Wildman–Crippen LogP) is 3.85. The molecule has 4 atom stereocenters. The number of aliphatic hydroxyl groups is 2. The van der Waals surface area contributed by atoms with Crippen molar-refractivity contribution < 1.29 is 29.8 Å². The Labute approximate surface area is 253 Å². The van der Waals surface area contributed by atoms with Crippen LogP contribution in [0.25, 0.3) is 11.1 Å². The number of hydrogen-bond donors (Lipinski definition) is 6. The number of benzene rings is 3. The van der Waals surface area contributed by atoms with Crippen LogP contribution in [-0.4, -0.2) is 51.9 Å². The maximum atomic E-state index is 13.5. The number of hydroxylamine groups is 1. The second-order valence-corrected chi connectivity index (χ2v) is 11.9. The number of aryl methyl sites for hydroxylation is 2. The minimum Gasteiger partial charge on any atom is -0.394 e. The van der Waals surface area contributed by atoms with E-state index in [1.807, 2.05) is 37.3 Å². The Balaban J connectivity index is 1.73. The van der Waals surface area contributed by atoms with Crippen LogP contribution in [0.5, 0.6) is 0 Å². The van der Waals surface area contributed by atoms with Gasteiger partial charge in [0.1, 0.15) is 12.1 Å². The maximum absolute atomic E-state index is 13.5. The molecule has 0 aliphatic heterocycles. The fourth-order valence-corrected chi connectivity index (χ4v) is 5.13. The van der Waals surface area contributed by atoms with Crippen molar-refractivity contribution in [2.45, 2.75) is 65.1 Å². The Bertz CT molecular complexity index is 1360. The van der Waals surface area contributed by atoms with E-state index in [0.29, 0.717) is 18.4 Å². The van der Waals surface area contributed by atoms with Gasteiger partial charge in [0.15, 0.2) is 0 Å². The van der Waals surface area contributed by atoms with Crippen molar-refractivity contribution in [3.8, 4) is 11.1 Å². The lowest BCUT2D eigenvalue weighted by atomic mass is 9.84. The highest BCUT2D eigenvalue weighted by Gasteiger charge is 2.38. The summed E-state index contributed by atoms with van der Waals surface area (Å²) in [5, 5.41) is 35.3. The molecule has 3 amide bonds. The van der Waals surface area contributed by atoms with E-state index in [1.165, 1.54) is 5.48 Å². The summed E-state index contributed by atoms with van der Waals surface area (Å²) in [5.41, 5.74) is 5.77. The van der Waals surface area contributed by atoms with E-state index in [2.05, 4.69) is 34.9 Å². The first-order valence-corrected chi connectivity index (χ1v) is 14.5. The van der Waals surface area contributed by atoms with Crippen molar-refractivity contribution in [2.75, 3.05) is 6.61 Å². The molecular formula is C34H43N3O6. The summed E-state index contributed by atoms with van der Waals surface area (Å²) in [6.07, 6.45) is -0.650. The lowest BCUT2D eigenvalue weighted by Gasteiger charge is -2.33. The van der Waals surface area contributed by atoms with Gasteiger partial charge in [-0.1, -0.05) is 99.6 Å². The first-order valence-electron chi connectivity index (χ1n) is 14.5. The van der Waals surface area contributed by atoms with Crippen molar-refractivity contribution >= 4 is 17.7 Å². The number of amides is 3. The van der Waals surface area contributed by atoms with Gasteiger partial charge >= 0.3 is 0 Å². The third-order valence-corrected chi connectivity index (χ3v) is 7.57. The molecule has 0 saturated heterocycles. The van der Waals surface area contributed by atoms with Crippen LogP contribution in [0.3, 0.4) is 0 Å². The van der Waals surface area contributed by atoms with Gasteiger partial charge in [0.2, 0.25) is 11.8 Å². The van der Waals surface area contributed by atoms with E-state index >= 15 is 0 Å². The lowest BCUT2D eigenvalue weighted by Crippen LogP contribution is -2.57. The first kappa shape index (κ1) is 33.5. The van der Waals surface area contributed by atoms with Gasteiger partial charge in [0, 0.05) is 0 Å². The molecule has 230 valence electrons. The van der Waals surface area contributed by atoms with E-state index in [9.17, 15) is 24.6 Å². The summed E-state index contributed by atoms with van der Waals surface area (Å²) < 4.78 is 0. The number of carbonyl (C=O) groups excluding carboxylic acids is 3. The molecular weight excluding hydrogens is 546 g/mol. The molecule has 3 aromatic rings. The molecule has 0 heterocycles. The molecule has 1 unspecified atom stereocenters. The molecule has 6 N–H and O–H groups in total. The number of nitrogens with one attached hydrogen (secondary N) is 3. The Hall–Kier alpha value is -4.05. The Morgan fingerprint density at radius 2 is 1.47 bits per heavy atom. The molecule has 0 radical (unpaired) electrons. The van der Waals surface area contributed by atoms with Crippen LogP contribution in [0.15, 0.2) is 78.9 Å². The van der Waals surface area contributed by atoms with Crippen LogP contribution >= 0.6 is 0 Å². The normalized spacial score (nSPS) is 14.2. The fourth-order valence-electron chi connectivity index (χ4n) is 5.13. The van der Waals surface area contributed by atoms with Crippen LogP contribution in [0.1, 0.15) is 56.3 Å². The average Bonchev–Trinajstić information content (AvgIpc) is 3.00. The molecule has 0 fully saturated rings. The van der Waals surface area contributed by atoms with Crippen LogP contribution in [0.2, 0.25) is 0 Å². The third-order valence-electron chi connectivity index (χ3n) is 7.57. The molecule has 0 bridgehead atoms. The third kappa shape index (κ3) is 9.22. The number of carbonyl (C=O) groups is 3. The van der Waals surface area contributed by atoms with Crippen molar-refractivity contribution in [1.29, 1.82) is 0 Å². The van der Waals surface area contributed by atoms with Gasteiger partial charge in [-0.25, -0.2) is 5.48 Å². The summed E-state index contributed by atoms with van der Waals surface area (Å²) in [7, 11) is 0. The maximum Gasteiger partial charge on any atom is 0.272 e. The molecule has 9 nitrogen and oxygen atoms in total. The zero-order valence-electron chi connectivity index (χ0n) is 25.2. The summed E-state index contributed by atoms with van der Waals surface area (Å²) in [4.78, 5) is 39.1. The Morgan fingerprint density at radius 3 is 2.02 bits per heavy atom. The van der Waals surface area contributed by atoms with Crippen LogP contribution in [0, 0.1) is 18.3 Å². The highest BCUT2D eigenvalue weighted by atomic mass is 16.5. The lowest BCUT2D eigenvalue weighted by molar-refractivity contribution is -0.147. The van der Waals surface area contributed by atoms with E-state index < -0.39 is 47.2 Å². The highest BCUT2D eigenvalue weighted by Crippen LogP contribution is 2.26. The zero-order valence-corrected chi connectivity index (χ0v) is 25.2. The molecule has 0 spiro atoms. The summed E-state index contributed by atoms with van der Waals surface area (Å²) in [6, 6.07) is 23.5. The smallest absolute Gasteiger partial charge is 0.272 e. The van der Waals surface area contributed by atoms with Gasteiger partial charge in [-0.05, 0) is 59.4 Å². The minimum absolute atomic E-state index is 0.127. The van der Waals surface area contributed by atoms with Gasteiger partial charge in [-0.2, -0.15) is 0 Å². The van der Waals surface area contributed by atoms with Crippen LogP contribution < -0.4 is 16.1 Å². The fraction of sp³-hybridized carbons (Fsp3) is 0.382. The molecule has 43 heavy (non-hydrogen) atoms. The van der Waals surface area contributed by atoms with E-state index in [0.717, 1.165) is 22.3 Å². The summed E-state index contributed by atoms with van der Waals surface area (Å²) in [5.74, 6) is -3.54. The predicted molar refractivity (Wildman–Crippen MR) is 165 cm³/mol. The number of hydrogen-bond acceptors (Lipinski definition) is 6. The topological polar surface area (TPSA) is 148 Å². The second kappa shape index (κ2) is 15.4. The standard InChI is InChI=1S/C34H43N3O6/c1-22-20-23(18-19-26(22)24-13-7-5-8-14-24)12-11-17-27(29(39)32(41)37-43)31(40)36-30(34(2,3)4)33(42)35-28(21-38)25-15-9-6-10-16-25/h5-10,13-16,18-20,27-30,38-39,43H,11-12,17,21H2,1-4H3,(H,35,42)(H,36,40)(H,37,41)/t27-,28-,29?,30-/m1/s1. The molecule has 0 aromatic heterocycles. The molecule has 3 rings (SSSR count). The van der Waals surface area contributed by atoms with E-state index in [-0.39, 0.29) is 13.0 Å². The summed E-state index contributed by atoms with van der Waals surface area (Å²) in [6.45, 7) is 7.03. The Morgan fingerprint density at radius 1 is 0.837 bits per heavy atom. The SMILES string of the molecule is Cc1cc(CCC[C@@H](C(=O)N[C@H](C(=O)N[C@H](CO)c2ccccc2)C(C)(C)C)C(O)C(=O)NO)ccc1-c1ccccc1. The zero-order chi connectivity index (χ0) is 31.6. The Kier molecular flexibility index (Phi) is 12.0. The summed E-state index contributed by atoms with van der Waals surface area (Å²) >= 11 is 0. The van der Waals surface area contributed by atoms with Crippen molar-refractivity contribution in [1.82, 2.24) is 16.1 Å². The van der Waals surface area contributed by atoms with Crippen LogP contribution in [-0.2, 0) is 20.8 Å².